The molecule has 0 bridgehead atoms. The molecule has 0 saturated carbocycles. The lowest BCUT2D eigenvalue weighted by atomic mass is 10.1. The first-order valence-electron chi connectivity index (χ1n) is 7.52. The highest BCUT2D eigenvalue weighted by Gasteiger charge is 2.28. The van der Waals surface area contributed by atoms with Crippen LogP contribution in [0.4, 0.5) is 10.1 Å². The number of rotatable bonds is 6. The first kappa shape index (κ1) is 18.1. The van der Waals surface area contributed by atoms with E-state index < -0.39 is 40.4 Å². The van der Waals surface area contributed by atoms with Crippen LogP contribution in [-0.2, 0) is 4.74 Å². The van der Waals surface area contributed by atoms with Crippen molar-refractivity contribution in [2.75, 3.05) is 20.5 Å². The number of ether oxygens (including phenoxy) is 4. The van der Waals surface area contributed by atoms with Gasteiger partial charge in [0, 0.05) is 11.6 Å². The maximum absolute atomic E-state index is 13.7. The maximum atomic E-state index is 13.7. The number of nitro benzene ring substituents is 1. The number of benzene rings is 2. The summed E-state index contributed by atoms with van der Waals surface area (Å²) in [5.74, 6) is -2.30. The Labute approximate surface area is 151 Å². The highest BCUT2D eigenvalue weighted by molar-refractivity contribution is 6.00. The minimum absolute atomic E-state index is 0.0405. The number of hydrogen-bond donors (Lipinski definition) is 0. The van der Waals surface area contributed by atoms with Crippen LogP contribution in [0.2, 0.25) is 0 Å². The van der Waals surface area contributed by atoms with E-state index in [-0.39, 0.29) is 29.6 Å². The Morgan fingerprint density at radius 1 is 1.22 bits per heavy atom. The van der Waals surface area contributed by atoms with E-state index in [1.54, 1.807) is 0 Å². The largest absolute Gasteiger partial charge is 0.494 e. The number of carbonyl (C=O) groups excluding carboxylic acids is 2. The third-order valence-corrected chi connectivity index (χ3v) is 3.72. The first-order valence-corrected chi connectivity index (χ1v) is 7.52. The molecule has 140 valence electrons. The third-order valence-electron chi connectivity index (χ3n) is 3.72. The van der Waals surface area contributed by atoms with Crippen molar-refractivity contribution in [2.24, 2.45) is 0 Å². The van der Waals surface area contributed by atoms with Gasteiger partial charge in [0.2, 0.25) is 6.79 Å². The lowest BCUT2D eigenvalue weighted by Crippen LogP contribution is -2.15. The second-order valence-corrected chi connectivity index (χ2v) is 5.33. The minimum Gasteiger partial charge on any atom is -0.494 e. The third kappa shape index (κ3) is 3.64. The fourth-order valence-electron chi connectivity index (χ4n) is 2.38. The zero-order chi connectivity index (χ0) is 19.6. The van der Waals surface area contributed by atoms with Crippen molar-refractivity contribution in [1.82, 2.24) is 0 Å². The fraction of sp³-hybridized carbons (Fsp3) is 0.176. The maximum Gasteiger partial charge on any atom is 0.345 e. The fourth-order valence-corrected chi connectivity index (χ4v) is 2.38. The van der Waals surface area contributed by atoms with Crippen LogP contribution < -0.4 is 14.2 Å². The molecule has 0 fully saturated rings. The van der Waals surface area contributed by atoms with Gasteiger partial charge >= 0.3 is 5.97 Å². The summed E-state index contributed by atoms with van der Waals surface area (Å²) in [5, 5.41) is 11.2. The van der Waals surface area contributed by atoms with Crippen molar-refractivity contribution >= 4 is 17.4 Å². The smallest absolute Gasteiger partial charge is 0.345 e. The molecule has 2 aromatic rings. The molecule has 0 N–H and O–H groups in total. The quantitative estimate of drug-likeness (QED) is 0.326. The molecule has 0 aromatic heterocycles. The predicted octanol–water partition coefficient (Wildman–Crippen LogP) is 2.51. The van der Waals surface area contributed by atoms with Gasteiger partial charge in [-0.3, -0.25) is 14.9 Å². The van der Waals surface area contributed by atoms with Gasteiger partial charge in [0.25, 0.3) is 5.69 Å². The topological polar surface area (TPSA) is 114 Å². The number of ketones is 1. The van der Waals surface area contributed by atoms with E-state index in [1.807, 2.05) is 0 Å². The molecule has 0 aliphatic carbocycles. The average molecular weight is 377 g/mol. The SMILES string of the molecule is COc1ccc(C(=O)COC(=O)c2cc3c(cc2[N+](=O)[O-])OCO3)cc1F. The van der Waals surface area contributed by atoms with Crippen molar-refractivity contribution in [1.29, 1.82) is 0 Å². The number of fused-ring (bicyclic) bond motifs is 1. The molecule has 10 heteroatoms. The summed E-state index contributed by atoms with van der Waals surface area (Å²) in [4.78, 5) is 34.7. The molecule has 1 aliphatic heterocycles. The van der Waals surface area contributed by atoms with Crippen LogP contribution in [0.15, 0.2) is 30.3 Å². The predicted molar refractivity (Wildman–Crippen MR) is 86.8 cm³/mol. The van der Waals surface area contributed by atoms with Crippen LogP contribution in [0.5, 0.6) is 17.2 Å². The van der Waals surface area contributed by atoms with Crippen LogP contribution in [0.3, 0.4) is 0 Å². The van der Waals surface area contributed by atoms with Gasteiger partial charge in [-0.25, -0.2) is 9.18 Å². The van der Waals surface area contributed by atoms with Crippen molar-refractivity contribution in [2.45, 2.75) is 0 Å². The molecular formula is C17H12FNO8. The van der Waals surface area contributed by atoms with Crippen LogP contribution in [0.1, 0.15) is 20.7 Å². The number of Topliss-reactive ketones (excluding diaryl/α,β-unsaturated/α-hetero) is 1. The number of hydrogen-bond acceptors (Lipinski definition) is 8. The Morgan fingerprint density at radius 2 is 1.93 bits per heavy atom. The van der Waals surface area contributed by atoms with E-state index in [2.05, 4.69) is 0 Å². The molecule has 2 aromatic carbocycles. The lowest BCUT2D eigenvalue weighted by molar-refractivity contribution is -0.385. The van der Waals surface area contributed by atoms with E-state index in [0.717, 1.165) is 18.2 Å². The van der Waals surface area contributed by atoms with Crippen LogP contribution >= 0.6 is 0 Å². The van der Waals surface area contributed by atoms with Crippen LogP contribution in [-0.4, -0.2) is 37.2 Å². The zero-order valence-electron chi connectivity index (χ0n) is 13.9. The monoisotopic (exact) mass is 377 g/mol. The Bertz CT molecular complexity index is 943. The average Bonchev–Trinajstić information content (AvgIpc) is 3.12. The van der Waals surface area contributed by atoms with E-state index >= 15 is 0 Å². The Hall–Kier alpha value is -3.69. The summed E-state index contributed by atoms with van der Waals surface area (Å²) in [6.07, 6.45) is 0. The summed E-state index contributed by atoms with van der Waals surface area (Å²) >= 11 is 0. The van der Waals surface area contributed by atoms with Crippen molar-refractivity contribution in [3.63, 3.8) is 0 Å². The summed E-state index contributed by atoms with van der Waals surface area (Å²) in [6, 6.07) is 5.66. The van der Waals surface area contributed by atoms with Crippen LogP contribution in [0.25, 0.3) is 0 Å². The van der Waals surface area contributed by atoms with Crippen molar-refractivity contribution < 1.29 is 37.9 Å². The van der Waals surface area contributed by atoms with Gasteiger partial charge < -0.3 is 18.9 Å². The Morgan fingerprint density at radius 3 is 2.56 bits per heavy atom. The number of carbonyl (C=O) groups is 2. The zero-order valence-corrected chi connectivity index (χ0v) is 13.9. The molecule has 0 spiro atoms. The standard InChI is InChI=1S/C17H12FNO8/c1-24-14-3-2-9(4-11(14)18)13(20)7-25-17(21)10-5-15-16(27-8-26-15)6-12(10)19(22)23/h2-6H,7-8H2,1H3. The molecule has 0 saturated heterocycles. The van der Waals surface area contributed by atoms with Gasteiger partial charge in [-0.2, -0.15) is 0 Å². The summed E-state index contributed by atoms with van der Waals surface area (Å²) in [6.45, 7) is -0.858. The highest BCUT2D eigenvalue weighted by Crippen LogP contribution is 2.38. The molecule has 1 heterocycles. The van der Waals surface area contributed by atoms with E-state index in [9.17, 15) is 24.1 Å². The second-order valence-electron chi connectivity index (χ2n) is 5.33. The highest BCUT2D eigenvalue weighted by atomic mass is 19.1. The molecule has 0 unspecified atom stereocenters. The number of nitro groups is 1. The molecule has 9 nitrogen and oxygen atoms in total. The van der Waals surface area contributed by atoms with Crippen molar-refractivity contribution in [3.05, 3.63) is 57.4 Å². The van der Waals surface area contributed by atoms with E-state index in [4.69, 9.17) is 18.9 Å². The normalized spacial score (nSPS) is 11.8. The van der Waals surface area contributed by atoms with Gasteiger partial charge in [-0.15, -0.1) is 0 Å². The molecular weight excluding hydrogens is 365 g/mol. The van der Waals surface area contributed by atoms with Crippen molar-refractivity contribution in [3.8, 4) is 17.2 Å². The van der Waals surface area contributed by atoms with Gasteiger partial charge in [-0.1, -0.05) is 0 Å². The molecule has 3 rings (SSSR count). The van der Waals surface area contributed by atoms with Gasteiger partial charge in [0.15, 0.2) is 35.5 Å². The Balaban J connectivity index is 1.75. The summed E-state index contributed by atoms with van der Waals surface area (Å²) in [5.41, 5.74) is -0.980. The molecule has 1 aliphatic rings. The first-order chi connectivity index (χ1) is 12.9. The van der Waals surface area contributed by atoms with Gasteiger partial charge in [0.05, 0.1) is 18.1 Å². The Kier molecular flexibility index (Phi) is 4.88. The summed E-state index contributed by atoms with van der Waals surface area (Å²) in [7, 11) is 1.28. The minimum atomic E-state index is -1.10. The molecule has 27 heavy (non-hydrogen) atoms. The molecule has 0 radical (unpaired) electrons. The van der Waals surface area contributed by atoms with Gasteiger partial charge in [-0.05, 0) is 18.2 Å². The summed E-state index contributed by atoms with van der Waals surface area (Å²) < 4.78 is 33.4. The molecule has 0 atom stereocenters. The van der Waals surface area contributed by atoms with E-state index in [0.29, 0.717) is 0 Å². The number of esters is 1. The number of nitrogens with zero attached hydrogens (tertiary/aromatic N) is 1. The lowest BCUT2D eigenvalue weighted by Gasteiger charge is -2.07. The second kappa shape index (κ2) is 7.28. The number of halogens is 1. The molecule has 0 amide bonds. The van der Waals surface area contributed by atoms with Gasteiger partial charge in [0.1, 0.15) is 5.56 Å². The van der Waals surface area contributed by atoms with E-state index in [1.165, 1.54) is 19.2 Å². The number of methoxy groups -OCH3 is 1. The van der Waals surface area contributed by atoms with Crippen LogP contribution in [0, 0.1) is 15.9 Å².